The molecule has 2 aliphatic heterocycles. The Morgan fingerprint density at radius 2 is 1.81 bits per heavy atom. The van der Waals surface area contributed by atoms with E-state index in [1.54, 1.807) is 6.26 Å². The first-order valence-corrected chi connectivity index (χ1v) is 19.8. The minimum Gasteiger partial charge on any atom is -0.445 e. The number of ketones is 1. The number of fused-ring (bicyclic) bond motifs is 11. The summed E-state index contributed by atoms with van der Waals surface area (Å²) in [4.78, 5) is 19.4. The number of ether oxygens (including phenoxy) is 1. The molecule has 2 unspecified atom stereocenters. The first-order chi connectivity index (χ1) is 24.8. The lowest BCUT2D eigenvalue weighted by Gasteiger charge is -2.64. The fourth-order valence-electron chi connectivity index (χ4n) is 13.1. The quantitative estimate of drug-likeness (QED) is 0.206. The summed E-state index contributed by atoms with van der Waals surface area (Å²) in [5.41, 5.74) is 7.86. The Morgan fingerprint density at radius 3 is 2.49 bits per heavy atom. The maximum atomic E-state index is 14.9. The fraction of sp³-hybridized carbons (Fsp3) is 0.565. The van der Waals surface area contributed by atoms with Crippen molar-refractivity contribution in [2.45, 2.75) is 136 Å². The molecule has 9 atom stereocenters. The largest absolute Gasteiger partial charge is 0.445 e. The highest BCUT2D eigenvalue weighted by Gasteiger charge is 2.67. The molecule has 4 heterocycles. The van der Waals surface area contributed by atoms with Crippen molar-refractivity contribution in [1.82, 2.24) is 9.55 Å². The maximum absolute atomic E-state index is 14.9. The molecule has 53 heavy (non-hydrogen) atoms. The summed E-state index contributed by atoms with van der Waals surface area (Å²) in [7, 11) is 0. The number of Topliss-reactive ketones (excluding diaryl/α,β-unsaturated/α-hetero) is 1. The van der Waals surface area contributed by atoms with E-state index in [1.165, 1.54) is 16.6 Å². The number of nitrogens with zero attached hydrogens (tertiary/aromatic N) is 2. The van der Waals surface area contributed by atoms with Gasteiger partial charge >= 0.3 is 0 Å². The van der Waals surface area contributed by atoms with Gasteiger partial charge in [-0.15, -0.1) is 0 Å². The second-order valence-corrected chi connectivity index (χ2v) is 19.3. The number of benzene rings is 1. The molecule has 6 aliphatic rings. The molecule has 9 rings (SSSR count). The number of aliphatic hydroxyl groups is 2. The van der Waals surface area contributed by atoms with Gasteiger partial charge in [0.25, 0.3) is 0 Å². The zero-order valence-electron chi connectivity index (χ0n) is 33.2. The first-order valence-electron chi connectivity index (χ1n) is 19.8. The number of rotatable bonds is 4. The number of aliphatic hydroxyl groups excluding tert-OH is 2. The number of aromatic nitrogens is 2. The van der Waals surface area contributed by atoms with Crippen molar-refractivity contribution in [3.63, 3.8) is 0 Å². The number of hydrogen-bond donors (Lipinski definition) is 2. The molecule has 3 aromatic rings. The van der Waals surface area contributed by atoms with Crippen molar-refractivity contribution in [3.05, 3.63) is 88.3 Å². The van der Waals surface area contributed by atoms with Crippen molar-refractivity contribution in [2.75, 3.05) is 0 Å². The molecule has 1 aromatic carbocycles. The molecule has 4 aliphatic carbocycles. The van der Waals surface area contributed by atoms with Gasteiger partial charge in [0.05, 0.1) is 40.2 Å². The molecule has 280 valence electrons. The van der Waals surface area contributed by atoms with E-state index < -0.39 is 34.9 Å². The third-order valence-electron chi connectivity index (χ3n) is 15.4. The van der Waals surface area contributed by atoms with Crippen LogP contribution in [0, 0.1) is 35.5 Å². The van der Waals surface area contributed by atoms with Crippen LogP contribution < -0.4 is 0 Å². The van der Waals surface area contributed by atoms with Crippen LogP contribution >= 0.6 is 0 Å². The third-order valence-corrected chi connectivity index (χ3v) is 15.4. The predicted octanol–water partition coefficient (Wildman–Crippen LogP) is 9.55. The molecule has 2 N–H and O–H groups in total. The second-order valence-electron chi connectivity index (χ2n) is 19.3. The van der Waals surface area contributed by atoms with E-state index >= 15 is 0 Å². The fourth-order valence-corrected chi connectivity index (χ4v) is 13.1. The summed E-state index contributed by atoms with van der Waals surface area (Å²) in [6.45, 7) is 25.9. The van der Waals surface area contributed by atoms with Crippen LogP contribution in [0.1, 0.15) is 144 Å². The van der Waals surface area contributed by atoms with Gasteiger partial charge in [0.15, 0.2) is 5.78 Å². The molecular weight excluding hydrogens is 661 g/mol. The average molecular weight is 717 g/mol. The van der Waals surface area contributed by atoms with E-state index in [1.807, 2.05) is 20.8 Å². The maximum Gasteiger partial charge on any atom is 0.221 e. The van der Waals surface area contributed by atoms with Gasteiger partial charge < -0.3 is 23.9 Å². The minimum atomic E-state index is -0.842. The summed E-state index contributed by atoms with van der Waals surface area (Å²) >= 11 is 0. The zero-order valence-corrected chi connectivity index (χ0v) is 33.2. The number of aryl methyl sites for hydroxylation is 1. The van der Waals surface area contributed by atoms with Crippen LogP contribution in [0.15, 0.2) is 53.2 Å². The van der Waals surface area contributed by atoms with E-state index in [9.17, 15) is 15.0 Å². The Morgan fingerprint density at radius 1 is 1.08 bits per heavy atom. The lowest BCUT2D eigenvalue weighted by molar-refractivity contribution is -0.144. The Balaban J connectivity index is 1.22. The van der Waals surface area contributed by atoms with Gasteiger partial charge in [-0.25, -0.2) is 4.98 Å². The molecule has 0 spiro atoms. The molecule has 2 aromatic heterocycles. The number of oxazole rings is 1. The smallest absolute Gasteiger partial charge is 0.221 e. The molecule has 7 nitrogen and oxygen atoms in total. The van der Waals surface area contributed by atoms with Crippen LogP contribution in [0.5, 0.6) is 0 Å². The predicted molar refractivity (Wildman–Crippen MR) is 209 cm³/mol. The summed E-state index contributed by atoms with van der Waals surface area (Å²) in [5, 5.41) is 25.2. The number of hydrogen-bond acceptors (Lipinski definition) is 6. The van der Waals surface area contributed by atoms with Gasteiger partial charge in [0.1, 0.15) is 12.3 Å². The van der Waals surface area contributed by atoms with Crippen LogP contribution in [-0.2, 0) is 16.6 Å². The van der Waals surface area contributed by atoms with Gasteiger partial charge in [0, 0.05) is 39.0 Å². The van der Waals surface area contributed by atoms with E-state index in [-0.39, 0.29) is 28.4 Å². The van der Waals surface area contributed by atoms with Crippen LogP contribution in [0.25, 0.3) is 22.0 Å². The van der Waals surface area contributed by atoms with Crippen LogP contribution in [0.3, 0.4) is 0 Å². The lowest BCUT2D eigenvalue weighted by Crippen LogP contribution is -2.62. The average Bonchev–Trinajstić information content (AvgIpc) is 3.84. The Hall–Kier alpha value is -3.52. The highest BCUT2D eigenvalue weighted by Crippen LogP contribution is 2.71. The summed E-state index contributed by atoms with van der Waals surface area (Å²) < 4.78 is 14.6. The van der Waals surface area contributed by atoms with Crippen molar-refractivity contribution >= 4 is 27.8 Å². The van der Waals surface area contributed by atoms with Crippen LogP contribution in [-0.4, -0.2) is 42.9 Å². The normalized spacial score (nSPS) is 37.8. The standard InChI is InChI=1S/C46H56N2O5/c1-23(2)36-39(51)34-33-27(30-21-42(5,6)53-43(7,8)35(30)38(33)50)20-28-29-19-26-14-15-31-44(9,17-12-13-24(3)41-47-25(4)22-52-41)32(49)16-18-45(31,10)46(26,11)40(29)48(36)37(28)34/h12-13,17,20-22,26,31-32,35-36,38,49-50H,1,14-16,18-19H2,2-11H3/b17-12+,24-13+/t26?,31-,32-,35?,36-,38+,44-,45-,46+/m0/s1. The van der Waals surface area contributed by atoms with E-state index in [2.05, 4.69) is 95.0 Å². The summed E-state index contributed by atoms with van der Waals surface area (Å²) in [5.74, 6) is 1.04. The zero-order chi connectivity index (χ0) is 37.9. The highest BCUT2D eigenvalue weighted by atomic mass is 16.5. The summed E-state index contributed by atoms with van der Waals surface area (Å²) in [6, 6.07) is 1.81. The molecule has 2 saturated carbocycles. The second kappa shape index (κ2) is 10.8. The lowest BCUT2D eigenvalue weighted by atomic mass is 9.40. The molecule has 0 saturated heterocycles. The Bertz CT molecular complexity index is 2240. The first kappa shape index (κ1) is 35.2. The molecule has 0 amide bonds. The van der Waals surface area contributed by atoms with Gasteiger partial charge in [-0.05, 0) is 127 Å². The number of carbonyl (C=O) groups is 1. The molecular formula is C46H56N2O5. The third kappa shape index (κ3) is 4.33. The van der Waals surface area contributed by atoms with Gasteiger partial charge in [-0.2, -0.15) is 0 Å². The van der Waals surface area contributed by atoms with Gasteiger partial charge in [-0.3, -0.25) is 4.79 Å². The topological polar surface area (TPSA) is 97.7 Å². The van der Waals surface area contributed by atoms with Crippen LogP contribution in [0.2, 0.25) is 0 Å². The van der Waals surface area contributed by atoms with Crippen molar-refractivity contribution in [2.24, 2.45) is 28.6 Å². The summed E-state index contributed by atoms with van der Waals surface area (Å²) in [6.07, 6.45) is 13.6. The molecule has 2 fully saturated rings. The van der Waals surface area contributed by atoms with Crippen molar-refractivity contribution in [3.8, 4) is 0 Å². The van der Waals surface area contributed by atoms with Crippen molar-refractivity contribution in [1.29, 1.82) is 0 Å². The number of carbonyl (C=O) groups excluding carboxylic acids is 1. The van der Waals surface area contributed by atoms with E-state index in [0.29, 0.717) is 23.8 Å². The number of allylic oxidation sites excluding steroid dienone is 4. The van der Waals surface area contributed by atoms with Crippen molar-refractivity contribution < 1.29 is 24.2 Å². The highest BCUT2D eigenvalue weighted by molar-refractivity contribution is 6.18. The SMILES string of the molecule is C=C(C)[C@H]1C(=O)c2c3c(cc4c5c(n1c24)[C@@]1(C)C(CC[C@H]2[C@](C)(/C=C/C=C(\C)c4nc(C)co4)[C@@H](O)CC[C@@]21C)C5)C1=CC(C)(C)OC(C)(C)C1[C@@H]3O. The monoisotopic (exact) mass is 716 g/mol. The Labute approximate surface area is 313 Å². The molecule has 0 radical (unpaired) electrons. The van der Waals surface area contributed by atoms with Crippen LogP contribution in [0.4, 0.5) is 0 Å². The van der Waals surface area contributed by atoms with Gasteiger partial charge in [-0.1, -0.05) is 51.2 Å². The molecule has 7 heteroatoms. The van der Waals surface area contributed by atoms with Gasteiger partial charge in [0.2, 0.25) is 5.89 Å². The molecule has 0 bridgehead atoms. The van der Waals surface area contributed by atoms with E-state index in [4.69, 9.17) is 9.15 Å². The Kier molecular flexibility index (Phi) is 7.19. The van der Waals surface area contributed by atoms with E-state index in [0.717, 1.165) is 64.7 Å². The minimum absolute atomic E-state index is 0.0493.